The van der Waals surface area contributed by atoms with Gasteiger partial charge in [0.15, 0.2) is 0 Å². The van der Waals surface area contributed by atoms with Crippen molar-refractivity contribution in [3.8, 4) is 0 Å². The Morgan fingerprint density at radius 2 is 1.62 bits per heavy atom. The van der Waals surface area contributed by atoms with Gasteiger partial charge in [0.2, 0.25) is 0 Å². The van der Waals surface area contributed by atoms with Crippen molar-refractivity contribution in [1.82, 2.24) is 15.0 Å². The molecule has 0 amide bonds. The summed E-state index contributed by atoms with van der Waals surface area (Å²) in [4.78, 5) is 17.7. The number of halogens is 1. The largest absolute Gasteiger partial charge is 0.353 e. The third kappa shape index (κ3) is 3.86. The van der Waals surface area contributed by atoms with Gasteiger partial charge in [0.05, 0.1) is 0 Å². The molecule has 3 heterocycles. The number of anilines is 4. The Hall–Kier alpha value is -2.86. The zero-order valence-electron chi connectivity index (χ0n) is 14.2. The molecule has 0 saturated carbocycles. The Labute approximate surface area is 157 Å². The van der Waals surface area contributed by atoms with Crippen molar-refractivity contribution in [1.29, 1.82) is 0 Å². The van der Waals surface area contributed by atoms with Crippen LogP contribution in [0.15, 0.2) is 61.1 Å². The minimum Gasteiger partial charge on any atom is -0.353 e. The number of piperazine rings is 1. The normalized spacial score (nSPS) is 14.3. The first-order chi connectivity index (χ1) is 12.8. The molecule has 0 bridgehead atoms. The highest BCUT2D eigenvalue weighted by Crippen LogP contribution is 2.22. The summed E-state index contributed by atoms with van der Waals surface area (Å²) >= 11 is 6.04. The maximum absolute atomic E-state index is 6.04. The number of nitrogens with one attached hydrogen (secondary N) is 1. The van der Waals surface area contributed by atoms with E-state index in [1.54, 1.807) is 6.33 Å². The smallest absolute Gasteiger partial charge is 0.135 e. The number of rotatable bonds is 4. The Kier molecular flexibility index (Phi) is 4.84. The van der Waals surface area contributed by atoms with Crippen LogP contribution in [0.3, 0.4) is 0 Å². The quantitative estimate of drug-likeness (QED) is 0.761. The van der Waals surface area contributed by atoms with Crippen molar-refractivity contribution in [2.75, 3.05) is 41.3 Å². The van der Waals surface area contributed by atoms with Crippen LogP contribution >= 0.6 is 11.6 Å². The van der Waals surface area contributed by atoms with Crippen LogP contribution in [0.1, 0.15) is 0 Å². The van der Waals surface area contributed by atoms with Crippen LogP contribution in [0.2, 0.25) is 5.02 Å². The van der Waals surface area contributed by atoms with Gasteiger partial charge in [-0.05, 0) is 30.3 Å². The van der Waals surface area contributed by atoms with Gasteiger partial charge in [0, 0.05) is 49.2 Å². The molecular weight excluding hydrogens is 348 g/mol. The van der Waals surface area contributed by atoms with E-state index < -0.39 is 0 Å². The van der Waals surface area contributed by atoms with Crippen LogP contribution in [0.5, 0.6) is 0 Å². The Morgan fingerprint density at radius 3 is 2.35 bits per heavy atom. The van der Waals surface area contributed by atoms with Crippen molar-refractivity contribution < 1.29 is 0 Å². The summed E-state index contributed by atoms with van der Waals surface area (Å²) < 4.78 is 0. The number of aromatic nitrogens is 3. The topological polar surface area (TPSA) is 57.2 Å². The fourth-order valence-corrected chi connectivity index (χ4v) is 3.20. The predicted molar refractivity (Wildman–Crippen MR) is 105 cm³/mol. The van der Waals surface area contributed by atoms with E-state index in [0.29, 0.717) is 5.02 Å². The maximum Gasteiger partial charge on any atom is 0.135 e. The molecule has 1 aromatic carbocycles. The molecule has 1 fully saturated rings. The van der Waals surface area contributed by atoms with Gasteiger partial charge in [0.1, 0.15) is 23.8 Å². The number of hydrogen-bond acceptors (Lipinski definition) is 6. The lowest BCUT2D eigenvalue weighted by atomic mass is 10.3. The summed E-state index contributed by atoms with van der Waals surface area (Å²) in [5.41, 5.74) is 0.905. The van der Waals surface area contributed by atoms with Gasteiger partial charge in [-0.1, -0.05) is 23.7 Å². The summed E-state index contributed by atoms with van der Waals surface area (Å²) in [5, 5.41) is 3.97. The lowest BCUT2D eigenvalue weighted by Gasteiger charge is -2.36. The van der Waals surface area contributed by atoms with Gasteiger partial charge in [-0.2, -0.15) is 0 Å². The SMILES string of the molecule is Clc1cccc(Nc2cc(N3CCN(c4ccccn4)CC3)ncn2)c1. The molecule has 1 N–H and O–H groups in total. The highest BCUT2D eigenvalue weighted by molar-refractivity contribution is 6.30. The fourth-order valence-electron chi connectivity index (χ4n) is 3.01. The van der Waals surface area contributed by atoms with E-state index in [1.165, 1.54) is 0 Å². The maximum atomic E-state index is 6.04. The summed E-state index contributed by atoms with van der Waals surface area (Å²) in [6.07, 6.45) is 3.42. The van der Waals surface area contributed by atoms with E-state index in [2.05, 4.69) is 30.1 Å². The molecule has 7 heteroatoms. The van der Waals surface area contributed by atoms with Gasteiger partial charge in [-0.25, -0.2) is 15.0 Å². The number of pyridine rings is 1. The summed E-state index contributed by atoms with van der Waals surface area (Å²) in [6.45, 7) is 3.62. The molecule has 26 heavy (non-hydrogen) atoms. The molecule has 0 atom stereocenters. The molecule has 1 saturated heterocycles. The first kappa shape index (κ1) is 16.6. The second-order valence-electron chi connectivity index (χ2n) is 6.06. The van der Waals surface area contributed by atoms with Crippen LogP contribution < -0.4 is 15.1 Å². The average Bonchev–Trinajstić information content (AvgIpc) is 2.69. The average molecular weight is 367 g/mol. The molecule has 1 aliphatic heterocycles. The first-order valence-corrected chi connectivity index (χ1v) is 8.91. The molecule has 3 aromatic rings. The summed E-state index contributed by atoms with van der Waals surface area (Å²) in [5.74, 6) is 2.70. The van der Waals surface area contributed by atoms with Crippen molar-refractivity contribution in [3.05, 3.63) is 66.1 Å². The van der Waals surface area contributed by atoms with E-state index in [4.69, 9.17) is 11.6 Å². The van der Waals surface area contributed by atoms with Crippen molar-refractivity contribution >= 4 is 34.7 Å². The number of benzene rings is 1. The first-order valence-electron chi connectivity index (χ1n) is 8.53. The number of hydrogen-bond donors (Lipinski definition) is 1. The zero-order valence-corrected chi connectivity index (χ0v) is 15.0. The lowest BCUT2D eigenvalue weighted by molar-refractivity contribution is 0.641. The monoisotopic (exact) mass is 366 g/mol. The van der Waals surface area contributed by atoms with Crippen molar-refractivity contribution in [2.45, 2.75) is 0 Å². The molecule has 0 unspecified atom stereocenters. The molecule has 0 spiro atoms. The standard InChI is InChI=1S/C19H19ClN6/c20-15-4-3-5-16(12-15)24-17-13-19(23-14-22-17)26-10-8-25(9-11-26)18-6-1-2-7-21-18/h1-7,12-14H,8-11H2,(H,22,23,24). The number of nitrogens with zero attached hydrogens (tertiary/aromatic N) is 5. The Morgan fingerprint density at radius 1 is 0.808 bits per heavy atom. The van der Waals surface area contributed by atoms with Gasteiger partial charge < -0.3 is 15.1 Å². The molecule has 0 radical (unpaired) electrons. The summed E-state index contributed by atoms with van der Waals surface area (Å²) in [7, 11) is 0. The van der Waals surface area contributed by atoms with Gasteiger partial charge >= 0.3 is 0 Å². The van der Waals surface area contributed by atoms with Crippen molar-refractivity contribution in [2.24, 2.45) is 0 Å². The second-order valence-corrected chi connectivity index (χ2v) is 6.50. The van der Waals surface area contributed by atoms with E-state index >= 15 is 0 Å². The van der Waals surface area contributed by atoms with Crippen molar-refractivity contribution in [3.63, 3.8) is 0 Å². The Balaban J connectivity index is 1.43. The van der Waals surface area contributed by atoms with E-state index in [9.17, 15) is 0 Å². The predicted octanol–water partition coefficient (Wildman–Crippen LogP) is 3.60. The lowest BCUT2D eigenvalue weighted by Crippen LogP contribution is -2.47. The van der Waals surface area contributed by atoms with Crippen LogP contribution in [0.4, 0.5) is 23.1 Å². The molecule has 4 rings (SSSR count). The second kappa shape index (κ2) is 7.58. The van der Waals surface area contributed by atoms with E-state index in [-0.39, 0.29) is 0 Å². The van der Waals surface area contributed by atoms with E-state index in [0.717, 1.165) is 49.3 Å². The van der Waals surface area contributed by atoms with Crippen LogP contribution in [-0.4, -0.2) is 41.1 Å². The molecule has 2 aromatic heterocycles. The van der Waals surface area contributed by atoms with Gasteiger partial charge in [-0.15, -0.1) is 0 Å². The minimum absolute atomic E-state index is 0.690. The van der Waals surface area contributed by atoms with Crippen LogP contribution in [-0.2, 0) is 0 Å². The van der Waals surface area contributed by atoms with Crippen LogP contribution in [0.25, 0.3) is 0 Å². The minimum atomic E-state index is 0.690. The third-order valence-electron chi connectivity index (χ3n) is 4.33. The fraction of sp³-hybridized carbons (Fsp3) is 0.211. The third-order valence-corrected chi connectivity index (χ3v) is 4.56. The molecule has 6 nitrogen and oxygen atoms in total. The molecular formula is C19H19ClN6. The zero-order chi connectivity index (χ0) is 17.8. The highest BCUT2D eigenvalue weighted by Gasteiger charge is 2.19. The highest BCUT2D eigenvalue weighted by atomic mass is 35.5. The van der Waals surface area contributed by atoms with Gasteiger partial charge in [0.25, 0.3) is 0 Å². The Bertz CT molecular complexity index is 865. The molecule has 132 valence electrons. The molecule has 0 aliphatic carbocycles. The van der Waals surface area contributed by atoms with Gasteiger partial charge in [-0.3, -0.25) is 0 Å². The van der Waals surface area contributed by atoms with Crippen LogP contribution in [0, 0.1) is 0 Å². The van der Waals surface area contributed by atoms with E-state index in [1.807, 2.05) is 54.7 Å². The molecule has 1 aliphatic rings. The summed E-state index contributed by atoms with van der Waals surface area (Å²) in [6, 6.07) is 15.6.